The zero-order valence-corrected chi connectivity index (χ0v) is 6.90. The number of fused-ring (bicyclic) bond motifs is 1. The van der Waals surface area contributed by atoms with Crippen molar-refractivity contribution >= 4 is 11.6 Å². The lowest BCUT2D eigenvalue weighted by Crippen LogP contribution is -1.91. The van der Waals surface area contributed by atoms with Crippen LogP contribution < -0.4 is 0 Å². The van der Waals surface area contributed by atoms with Crippen LogP contribution in [0.2, 0.25) is 0 Å². The number of hydrogen-bond donors (Lipinski definition) is 0. The summed E-state index contributed by atoms with van der Waals surface area (Å²) in [4.78, 5) is 0. The summed E-state index contributed by atoms with van der Waals surface area (Å²) >= 11 is 5.86. The maximum Gasteiger partial charge on any atom is 0.0145 e. The first-order chi connectivity index (χ1) is 4.80. The highest BCUT2D eigenvalue weighted by molar-refractivity contribution is 6.29. The molecule has 0 bridgehead atoms. The molecule has 2 aliphatic carbocycles. The molecule has 0 N–H and O–H groups in total. The lowest BCUT2D eigenvalue weighted by molar-refractivity contribution is 0.480. The Balaban J connectivity index is 1.99. The summed E-state index contributed by atoms with van der Waals surface area (Å²) < 4.78 is 0. The second-order valence-electron chi connectivity index (χ2n) is 3.58. The summed E-state index contributed by atoms with van der Waals surface area (Å²) in [5.41, 5.74) is 0. The van der Waals surface area contributed by atoms with E-state index in [9.17, 15) is 0 Å². The molecule has 0 saturated heterocycles. The molecule has 0 aliphatic heterocycles. The summed E-state index contributed by atoms with van der Waals surface area (Å²) in [6.07, 6.45) is 5.64. The largest absolute Gasteiger partial charge is 0.0895 e. The molecule has 1 heteroatoms. The molecule has 2 rings (SSSR count). The van der Waals surface area contributed by atoms with Crippen LogP contribution in [0.3, 0.4) is 0 Å². The van der Waals surface area contributed by atoms with Crippen LogP contribution in [0.5, 0.6) is 0 Å². The van der Waals surface area contributed by atoms with Crippen molar-refractivity contribution in [2.45, 2.75) is 25.7 Å². The van der Waals surface area contributed by atoms with Crippen LogP contribution >= 0.6 is 11.6 Å². The Morgan fingerprint density at radius 2 is 1.70 bits per heavy atom. The third-order valence-corrected chi connectivity index (χ3v) is 3.27. The third-order valence-electron chi connectivity index (χ3n) is 3.02. The molecule has 2 fully saturated rings. The molecule has 0 radical (unpaired) electrons. The summed E-state index contributed by atoms with van der Waals surface area (Å²) in [6, 6.07) is 0. The zero-order chi connectivity index (χ0) is 7.14. The van der Waals surface area contributed by atoms with Crippen LogP contribution in [0.25, 0.3) is 0 Å². The number of allylic oxidation sites excluding steroid dienone is 1. The topological polar surface area (TPSA) is 0 Å². The van der Waals surface area contributed by atoms with Crippen LogP contribution in [-0.4, -0.2) is 0 Å². The maximum absolute atomic E-state index is 5.86. The molecule has 0 amide bonds. The van der Waals surface area contributed by atoms with E-state index in [1.54, 1.807) is 0 Å². The minimum atomic E-state index is 0.698. The fourth-order valence-electron chi connectivity index (χ4n) is 2.46. The fraction of sp³-hybridized carbons (Fsp3) is 0.778. The highest BCUT2D eigenvalue weighted by atomic mass is 35.5. The average molecular weight is 157 g/mol. The molecule has 0 aromatic carbocycles. The second-order valence-corrected chi connectivity index (χ2v) is 4.07. The van der Waals surface area contributed by atoms with Crippen molar-refractivity contribution in [2.24, 2.45) is 17.8 Å². The first kappa shape index (κ1) is 6.72. The molecular formula is C9H13Cl. The van der Waals surface area contributed by atoms with Gasteiger partial charge in [-0.15, -0.1) is 0 Å². The number of hydrogen-bond acceptors (Lipinski definition) is 0. The zero-order valence-electron chi connectivity index (χ0n) is 6.15. The van der Waals surface area contributed by atoms with Gasteiger partial charge >= 0.3 is 0 Å². The Kier molecular flexibility index (Phi) is 1.52. The van der Waals surface area contributed by atoms with Gasteiger partial charge in [0.15, 0.2) is 0 Å². The highest BCUT2D eigenvalue weighted by Gasteiger charge is 2.51. The van der Waals surface area contributed by atoms with Crippen LogP contribution in [0.1, 0.15) is 25.7 Å². The molecule has 0 nitrogen and oxygen atoms in total. The normalized spacial score (nSPS) is 44.3. The average Bonchev–Trinajstić information content (AvgIpc) is 2.60. The Hall–Kier alpha value is 0.0300. The Morgan fingerprint density at radius 1 is 1.20 bits per heavy atom. The van der Waals surface area contributed by atoms with Crippen molar-refractivity contribution in [1.29, 1.82) is 0 Å². The van der Waals surface area contributed by atoms with E-state index >= 15 is 0 Å². The van der Waals surface area contributed by atoms with Gasteiger partial charge in [0.25, 0.3) is 0 Å². The molecule has 56 valence electrons. The second kappa shape index (κ2) is 2.27. The van der Waals surface area contributed by atoms with E-state index in [4.69, 9.17) is 11.6 Å². The van der Waals surface area contributed by atoms with Crippen LogP contribution in [-0.2, 0) is 0 Å². The molecule has 0 aromatic rings. The molecule has 10 heavy (non-hydrogen) atoms. The molecule has 0 spiro atoms. The van der Waals surface area contributed by atoms with E-state index in [2.05, 4.69) is 6.58 Å². The monoisotopic (exact) mass is 156 g/mol. The lowest BCUT2D eigenvalue weighted by Gasteiger charge is -2.04. The van der Waals surface area contributed by atoms with E-state index in [0.29, 0.717) is 5.92 Å². The van der Waals surface area contributed by atoms with Crippen LogP contribution in [0, 0.1) is 17.8 Å². The summed E-state index contributed by atoms with van der Waals surface area (Å²) in [5, 5.41) is 0.914. The Bertz CT molecular complexity index is 150. The molecule has 3 atom stereocenters. The third kappa shape index (κ3) is 0.897. The highest BCUT2D eigenvalue weighted by Crippen LogP contribution is 2.58. The van der Waals surface area contributed by atoms with Crippen molar-refractivity contribution in [3.63, 3.8) is 0 Å². The number of halogens is 1. The van der Waals surface area contributed by atoms with Crippen molar-refractivity contribution in [1.82, 2.24) is 0 Å². The summed E-state index contributed by atoms with van der Waals surface area (Å²) in [6.45, 7) is 3.81. The SMILES string of the molecule is C=C(Cl)C1[C@H]2CCCC[C@@H]12. The van der Waals surface area contributed by atoms with Gasteiger partial charge in [0.05, 0.1) is 0 Å². The van der Waals surface area contributed by atoms with Gasteiger partial charge in [-0.25, -0.2) is 0 Å². The molecule has 2 aliphatic rings. The molecule has 0 aromatic heterocycles. The first-order valence-electron chi connectivity index (χ1n) is 4.15. The van der Waals surface area contributed by atoms with Crippen molar-refractivity contribution in [3.8, 4) is 0 Å². The van der Waals surface area contributed by atoms with Gasteiger partial charge < -0.3 is 0 Å². The van der Waals surface area contributed by atoms with Crippen LogP contribution in [0.15, 0.2) is 11.6 Å². The van der Waals surface area contributed by atoms with E-state index in [1.807, 2.05) is 0 Å². The van der Waals surface area contributed by atoms with Gasteiger partial charge in [0.1, 0.15) is 0 Å². The van der Waals surface area contributed by atoms with Gasteiger partial charge in [-0.05, 0) is 24.7 Å². The van der Waals surface area contributed by atoms with E-state index in [0.717, 1.165) is 16.9 Å². The van der Waals surface area contributed by atoms with Crippen molar-refractivity contribution in [2.75, 3.05) is 0 Å². The Morgan fingerprint density at radius 3 is 2.10 bits per heavy atom. The maximum atomic E-state index is 5.86. The van der Waals surface area contributed by atoms with Gasteiger partial charge in [0.2, 0.25) is 0 Å². The van der Waals surface area contributed by atoms with Gasteiger partial charge in [-0.1, -0.05) is 31.0 Å². The minimum Gasteiger partial charge on any atom is -0.0895 e. The molecule has 1 unspecified atom stereocenters. The van der Waals surface area contributed by atoms with Crippen LogP contribution in [0.4, 0.5) is 0 Å². The smallest absolute Gasteiger partial charge is 0.0145 e. The minimum absolute atomic E-state index is 0.698. The van der Waals surface area contributed by atoms with E-state index < -0.39 is 0 Å². The molecular weight excluding hydrogens is 144 g/mol. The first-order valence-corrected chi connectivity index (χ1v) is 4.53. The summed E-state index contributed by atoms with van der Waals surface area (Å²) in [7, 11) is 0. The predicted octanol–water partition coefficient (Wildman–Crippen LogP) is 3.18. The van der Waals surface area contributed by atoms with E-state index in [1.165, 1.54) is 25.7 Å². The quantitative estimate of drug-likeness (QED) is 0.547. The predicted molar refractivity (Wildman–Crippen MR) is 43.9 cm³/mol. The van der Waals surface area contributed by atoms with Gasteiger partial charge in [0, 0.05) is 11.0 Å². The van der Waals surface area contributed by atoms with Crippen molar-refractivity contribution in [3.05, 3.63) is 11.6 Å². The van der Waals surface area contributed by atoms with Gasteiger partial charge in [-0.3, -0.25) is 0 Å². The van der Waals surface area contributed by atoms with Crippen molar-refractivity contribution < 1.29 is 0 Å². The lowest BCUT2D eigenvalue weighted by atomic mass is 10.0. The fourth-order valence-corrected chi connectivity index (χ4v) is 2.78. The standard InChI is InChI=1S/C9H13Cl/c1-6(10)9-7-4-2-3-5-8(7)9/h7-9H,1-5H2/t7-,8+,9?. The summed E-state index contributed by atoms with van der Waals surface area (Å²) in [5.74, 6) is 2.56. The molecule has 2 saturated carbocycles. The van der Waals surface area contributed by atoms with Gasteiger partial charge in [-0.2, -0.15) is 0 Å². The van der Waals surface area contributed by atoms with E-state index in [-0.39, 0.29) is 0 Å². The number of rotatable bonds is 1. The molecule has 0 heterocycles. The Labute approximate surface area is 67.3 Å².